The van der Waals surface area contributed by atoms with E-state index in [0.717, 1.165) is 5.57 Å². The van der Waals surface area contributed by atoms with Crippen molar-refractivity contribution in [3.8, 4) is 0 Å². The predicted molar refractivity (Wildman–Crippen MR) is 93.2 cm³/mol. The molecule has 0 amide bonds. The van der Waals surface area contributed by atoms with Gasteiger partial charge in [0, 0.05) is 0 Å². The highest BCUT2D eigenvalue weighted by Gasteiger charge is 1.82. The maximum atomic E-state index is 3.76. The fourth-order valence-electron chi connectivity index (χ4n) is 0.319. The lowest BCUT2D eigenvalue weighted by atomic mass is 10.1. The average Bonchev–Trinajstić information content (AvgIpc) is 2.02. The van der Waals surface area contributed by atoms with Crippen LogP contribution in [0.5, 0.6) is 0 Å². The third-order valence-corrected chi connectivity index (χ3v) is 1.04. The Morgan fingerprint density at radius 2 is 0.944 bits per heavy atom. The van der Waals surface area contributed by atoms with Gasteiger partial charge in [0.1, 0.15) is 0 Å². The molecular weight excluding hydrogens is 216 g/mol. The minimum absolute atomic E-state index is 0. The lowest BCUT2D eigenvalue weighted by Gasteiger charge is -1.92. The second-order valence-corrected chi connectivity index (χ2v) is 4.28. The van der Waals surface area contributed by atoms with Gasteiger partial charge in [0.05, 0.1) is 0 Å². The van der Waals surface area contributed by atoms with Crippen molar-refractivity contribution in [1.29, 1.82) is 0 Å². The van der Waals surface area contributed by atoms with E-state index in [9.17, 15) is 0 Å². The zero-order valence-corrected chi connectivity index (χ0v) is 12.0. The van der Waals surface area contributed by atoms with Gasteiger partial charge in [0.15, 0.2) is 0 Å². The second kappa shape index (κ2) is 21.0. The monoisotopic (exact) mass is 252 g/mol. The number of hydrogen-bond donors (Lipinski definition) is 0. The van der Waals surface area contributed by atoms with Crippen LogP contribution in [0.25, 0.3) is 0 Å². The van der Waals surface area contributed by atoms with Gasteiger partial charge in [-0.1, -0.05) is 56.9 Å². The summed E-state index contributed by atoms with van der Waals surface area (Å²) in [7, 11) is 0. The maximum Gasteiger partial charge on any atom is -0.0395 e. The van der Waals surface area contributed by atoms with E-state index in [0.29, 0.717) is 0 Å². The van der Waals surface area contributed by atoms with Crippen LogP contribution in [-0.4, -0.2) is 0 Å². The minimum Gasteiger partial charge on any atom is -0.100 e. The Labute approximate surface area is 118 Å². The molecule has 0 aromatic rings. The van der Waals surface area contributed by atoms with Crippen LogP contribution in [-0.2, 0) is 0 Å². The summed E-state index contributed by atoms with van der Waals surface area (Å²) in [6.07, 6.45) is 3.71. The largest absolute Gasteiger partial charge is 0.100 e. The smallest absolute Gasteiger partial charge is 0.0395 e. The van der Waals surface area contributed by atoms with Crippen LogP contribution in [0.2, 0.25) is 0 Å². The van der Waals surface area contributed by atoms with Gasteiger partial charge in [0.2, 0.25) is 0 Å². The Kier molecular flexibility index (Phi) is 35.1. The van der Waals surface area contributed by atoms with E-state index >= 15 is 0 Å². The van der Waals surface area contributed by atoms with Crippen LogP contribution in [0.15, 0.2) is 60.8 Å². The third-order valence-electron chi connectivity index (χ3n) is 1.04. The molecule has 0 saturated heterocycles. The second-order valence-electron chi connectivity index (χ2n) is 4.28. The lowest BCUT2D eigenvalue weighted by molar-refractivity contribution is 1.37. The molecule has 0 fully saturated rings. The molecule has 0 bridgehead atoms. The molecule has 0 aliphatic carbocycles. The molecule has 0 spiro atoms. The third kappa shape index (κ3) is 84.9. The highest BCUT2D eigenvalue weighted by Crippen LogP contribution is 2.03. The zero-order chi connectivity index (χ0) is 13.7. The van der Waals surface area contributed by atoms with E-state index < -0.39 is 0 Å². The molecule has 0 N–H and O–H groups in total. The molecule has 108 valence electrons. The number of allylic oxidation sites excluding steroid dienone is 6. The summed E-state index contributed by atoms with van der Waals surface area (Å²) >= 11 is 0. The molecule has 0 saturated carbocycles. The van der Waals surface area contributed by atoms with Gasteiger partial charge in [-0.3, -0.25) is 0 Å². The standard InChI is InChI=1S/C8H12.2C4H8.2CH4/c1-5-6-8(4)7(2)3;2*1-4(2)3;;/h5-6H,1-2H2,3-4H3;2*1H2,2-3H3;2*1H4/b8-6-;;;;. The van der Waals surface area contributed by atoms with Gasteiger partial charge in [-0.05, 0) is 47.1 Å². The average molecular weight is 252 g/mol. The molecule has 0 heteroatoms. The maximum absolute atomic E-state index is 3.76. The van der Waals surface area contributed by atoms with Crippen LogP contribution in [0.4, 0.5) is 0 Å². The first-order valence-corrected chi connectivity index (χ1v) is 5.34. The van der Waals surface area contributed by atoms with Crippen LogP contribution in [0.3, 0.4) is 0 Å². The van der Waals surface area contributed by atoms with Gasteiger partial charge >= 0.3 is 0 Å². The van der Waals surface area contributed by atoms with E-state index in [2.05, 4.69) is 26.3 Å². The molecule has 0 aliphatic heterocycles. The van der Waals surface area contributed by atoms with Gasteiger partial charge in [0.25, 0.3) is 0 Å². The molecule has 0 nitrogen and oxygen atoms in total. The fraction of sp³-hybridized carbons (Fsp3) is 0.444. The quantitative estimate of drug-likeness (QED) is 0.362. The molecule has 0 heterocycles. The molecule has 0 rings (SSSR count). The van der Waals surface area contributed by atoms with Gasteiger partial charge in [-0.15, -0.1) is 13.2 Å². The van der Waals surface area contributed by atoms with Crippen LogP contribution >= 0.6 is 0 Å². The number of rotatable bonds is 2. The van der Waals surface area contributed by atoms with E-state index in [1.165, 1.54) is 16.7 Å². The lowest BCUT2D eigenvalue weighted by Crippen LogP contribution is -1.72. The van der Waals surface area contributed by atoms with Crippen molar-refractivity contribution >= 4 is 0 Å². The van der Waals surface area contributed by atoms with E-state index in [1.807, 2.05) is 47.6 Å². The Bertz CT molecular complexity index is 242. The van der Waals surface area contributed by atoms with Crippen molar-refractivity contribution in [1.82, 2.24) is 0 Å². The summed E-state index contributed by atoms with van der Waals surface area (Å²) in [4.78, 5) is 0. The van der Waals surface area contributed by atoms with Gasteiger partial charge in [-0.2, -0.15) is 0 Å². The summed E-state index contributed by atoms with van der Waals surface area (Å²) in [6, 6.07) is 0. The highest BCUT2D eigenvalue weighted by atomic mass is 13.9. The highest BCUT2D eigenvalue weighted by molar-refractivity contribution is 5.26. The van der Waals surface area contributed by atoms with Crippen molar-refractivity contribution in [3.63, 3.8) is 0 Å². The first kappa shape index (κ1) is 30.1. The van der Waals surface area contributed by atoms with Gasteiger partial charge in [-0.25, -0.2) is 0 Å². The predicted octanol–water partition coefficient (Wildman–Crippen LogP) is 7.13. The van der Waals surface area contributed by atoms with Crippen molar-refractivity contribution in [3.05, 3.63) is 60.8 Å². The van der Waals surface area contributed by atoms with Crippen LogP contribution < -0.4 is 0 Å². The van der Waals surface area contributed by atoms with Crippen molar-refractivity contribution in [2.24, 2.45) is 0 Å². The SMILES string of the molecule is C.C.C=C(C)C.C=C(C)C.C=C/C=C(/C)C(=C)C. The van der Waals surface area contributed by atoms with Crippen LogP contribution in [0.1, 0.15) is 56.4 Å². The van der Waals surface area contributed by atoms with E-state index in [-0.39, 0.29) is 14.9 Å². The van der Waals surface area contributed by atoms with Crippen molar-refractivity contribution in [2.75, 3.05) is 0 Å². The van der Waals surface area contributed by atoms with Crippen molar-refractivity contribution in [2.45, 2.75) is 56.4 Å². The minimum atomic E-state index is 0. The molecule has 0 unspecified atom stereocenters. The molecule has 0 radical (unpaired) electrons. The molecule has 0 aromatic heterocycles. The molecule has 18 heavy (non-hydrogen) atoms. The normalized spacial score (nSPS) is 7.78. The topological polar surface area (TPSA) is 0 Å². The zero-order valence-electron chi connectivity index (χ0n) is 12.0. The molecule has 0 aliphatic rings. The summed E-state index contributed by atoms with van der Waals surface area (Å²) in [5.41, 5.74) is 4.63. The molecular formula is C18H36. The summed E-state index contributed by atoms with van der Waals surface area (Å²) < 4.78 is 0. The van der Waals surface area contributed by atoms with Gasteiger partial charge < -0.3 is 0 Å². The first-order valence-electron chi connectivity index (χ1n) is 5.34. The first-order chi connectivity index (χ1) is 7.14. The Hall–Kier alpha value is -1.30. The Morgan fingerprint density at radius 1 is 0.722 bits per heavy atom. The summed E-state index contributed by atoms with van der Waals surface area (Å²) in [6.45, 7) is 26.3. The van der Waals surface area contributed by atoms with Crippen LogP contribution in [0, 0.1) is 0 Å². The van der Waals surface area contributed by atoms with E-state index in [1.54, 1.807) is 6.08 Å². The summed E-state index contributed by atoms with van der Waals surface area (Å²) in [5.74, 6) is 0. The fourth-order valence-corrected chi connectivity index (χ4v) is 0.319. The van der Waals surface area contributed by atoms with E-state index in [4.69, 9.17) is 0 Å². The van der Waals surface area contributed by atoms with Crippen molar-refractivity contribution < 1.29 is 0 Å². The molecule has 0 aromatic carbocycles. The Morgan fingerprint density at radius 3 is 1.00 bits per heavy atom. The molecule has 0 atom stereocenters. The summed E-state index contributed by atoms with van der Waals surface area (Å²) in [5, 5.41) is 0. The Balaban J connectivity index is -0.0000000489. The number of hydrogen-bond acceptors (Lipinski definition) is 0.